The van der Waals surface area contributed by atoms with Crippen LogP contribution in [-0.2, 0) is 20.9 Å². The van der Waals surface area contributed by atoms with Gasteiger partial charge in [-0.3, -0.25) is 9.59 Å². The number of hydrogen-bond donors (Lipinski definition) is 2. The molecule has 1 saturated carbocycles. The van der Waals surface area contributed by atoms with Gasteiger partial charge >= 0.3 is 0 Å². The zero-order chi connectivity index (χ0) is 43.6. The third-order valence-electron chi connectivity index (χ3n) is 14.1. The number of rotatable bonds is 4. The fraction of sp³-hybridized carbons (Fsp3) is 0.444. The number of pyridine rings is 1. The Morgan fingerprint density at radius 3 is 2.56 bits per heavy atom. The number of benzene rings is 2. The van der Waals surface area contributed by atoms with Crippen molar-refractivity contribution < 1.29 is 32.6 Å². The molecule has 19 heteroatoms. The van der Waals surface area contributed by atoms with Gasteiger partial charge < -0.3 is 39.3 Å². The molecule has 2 amide bonds. The van der Waals surface area contributed by atoms with Gasteiger partial charge in [0.15, 0.2) is 11.5 Å². The van der Waals surface area contributed by atoms with Gasteiger partial charge in [0.2, 0.25) is 11.9 Å². The maximum atomic E-state index is 15.5. The molecule has 6 fully saturated rings. The summed E-state index contributed by atoms with van der Waals surface area (Å²) in [6.07, 6.45) is 4.64. The second-order valence-corrected chi connectivity index (χ2v) is 18.2. The van der Waals surface area contributed by atoms with E-state index < -0.39 is 35.2 Å². The maximum absolute atomic E-state index is 15.5. The summed E-state index contributed by atoms with van der Waals surface area (Å²) in [6, 6.07) is 10.4. The molecular weight excluding hydrogens is 830 g/mol. The van der Waals surface area contributed by atoms with Crippen molar-refractivity contribution in [2.45, 2.75) is 87.9 Å². The lowest BCUT2D eigenvalue weighted by molar-refractivity contribution is -0.163. The third kappa shape index (κ3) is 6.29. The number of imidazole rings is 1. The Labute approximate surface area is 364 Å². The van der Waals surface area contributed by atoms with Crippen molar-refractivity contribution in [3.63, 3.8) is 0 Å². The van der Waals surface area contributed by atoms with Crippen molar-refractivity contribution in [3.8, 4) is 16.9 Å². The van der Waals surface area contributed by atoms with E-state index in [9.17, 15) is 14.3 Å². The van der Waals surface area contributed by atoms with Gasteiger partial charge in [0.1, 0.15) is 46.4 Å². The number of halogens is 3. The van der Waals surface area contributed by atoms with Crippen LogP contribution < -0.4 is 15.1 Å². The average Bonchev–Trinajstić information content (AvgIpc) is 3.91. The van der Waals surface area contributed by atoms with Crippen molar-refractivity contribution in [1.82, 2.24) is 44.1 Å². The van der Waals surface area contributed by atoms with Gasteiger partial charge in [0.25, 0.3) is 5.91 Å². The normalized spacial score (nSPS) is 25.1. The first kappa shape index (κ1) is 39.3. The Hall–Kier alpha value is -6.34. The minimum Gasteiger partial charge on any atom is -0.380 e. The molecule has 10 heterocycles. The Morgan fingerprint density at radius 1 is 0.922 bits per heavy atom. The Bertz CT molecular complexity index is 2890. The molecule has 13 rings (SSSR count). The second kappa shape index (κ2) is 14.6. The number of piperidine rings is 1. The van der Waals surface area contributed by atoms with Crippen LogP contribution in [0, 0.1) is 24.4 Å². The number of anilines is 3. The van der Waals surface area contributed by atoms with E-state index in [-0.39, 0.29) is 41.3 Å². The molecule has 2 aromatic carbocycles. The highest BCUT2D eigenvalue weighted by molar-refractivity contribution is 5.95. The van der Waals surface area contributed by atoms with Crippen LogP contribution in [0.3, 0.4) is 0 Å². The van der Waals surface area contributed by atoms with E-state index in [1.54, 1.807) is 11.1 Å². The first-order chi connectivity index (χ1) is 31.0. The number of carbonyl (C=O) groups is 2. The van der Waals surface area contributed by atoms with E-state index in [1.807, 2.05) is 39.5 Å². The number of aromatic nitrogens is 7. The number of nitrogens with one attached hydrogen (secondary N) is 1. The van der Waals surface area contributed by atoms with Gasteiger partial charge in [-0.15, -0.1) is 0 Å². The van der Waals surface area contributed by atoms with Crippen LogP contribution in [0.1, 0.15) is 44.3 Å². The zero-order valence-corrected chi connectivity index (χ0v) is 35.0. The highest BCUT2D eigenvalue weighted by Crippen LogP contribution is 2.42. The Kier molecular flexibility index (Phi) is 8.96. The van der Waals surface area contributed by atoms with Crippen molar-refractivity contribution in [2.24, 2.45) is 0 Å². The fourth-order valence-electron chi connectivity index (χ4n) is 10.8. The largest absolute Gasteiger partial charge is 0.380 e. The fourth-order valence-corrected chi connectivity index (χ4v) is 10.8. The van der Waals surface area contributed by atoms with E-state index >= 15 is 13.6 Å². The molecule has 0 spiro atoms. The van der Waals surface area contributed by atoms with Crippen LogP contribution in [0.5, 0.6) is 0 Å². The summed E-state index contributed by atoms with van der Waals surface area (Å²) >= 11 is 0. The minimum absolute atomic E-state index is 0.00947. The van der Waals surface area contributed by atoms with Crippen LogP contribution >= 0.6 is 0 Å². The SMILES string of the molecule is Cc1nc2cc(F)cc3c2n1C[C@H]1CN(CCCO1)C(=O)[C@@H]1CC(CN1c1nc(N2C4CC2CN(C(=O)C2(O)CCC2)C4)nc2c1cnn2-c1ccc(F)cc1F)Nc1cccc-3n1. The number of fused-ring (bicyclic) bond motifs is 10. The van der Waals surface area contributed by atoms with Crippen LogP contribution in [0.2, 0.25) is 0 Å². The molecule has 6 aromatic rings. The summed E-state index contributed by atoms with van der Waals surface area (Å²) in [5.41, 5.74) is 1.34. The molecule has 5 atom stereocenters. The molecule has 7 aliphatic rings. The van der Waals surface area contributed by atoms with Gasteiger partial charge in [-0.25, -0.2) is 27.8 Å². The highest BCUT2D eigenvalue weighted by atomic mass is 19.1. The standard InChI is InChI=1S/C45H45F3N12O4/c1-24-50-35-15-26(47)13-31-34-5-2-6-38(52-34)51-27-16-37(42(61)55-11-4-12-64-30(22-55)23-57(24)39(31)35)58(19-27)40-32-18-49-60(36-8-7-25(46)14-33(36)48)41(32)54-44(53-40)59-28-17-29(59)21-56(20-28)43(62)45(63)9-3-10-45/h2,5-8,13-15,18,27-30,37,63H,3-4,9-12,16-17,19-23H2,1H3,(H,51,52)/t27?,28?,29?,30-,37+/m1/s1. The van der Waals surface area contributed by atoms with Crippen molar-refractivity contribution in [3.05, 3.63) is 78.0 Å². The van der Waals surface area contributed by atoms with Crippen molar-refractivity contribution in [2.75, 3.05) is 54.4 Å². The molecule has 64 heavy (non-hydrogen) atoms. The van der Waals surface area contributed by atoms with E-state index in [1.165, 1.54) is 22.9 Å². The zero-order valence-electron chi connectivity index (χ0n) is 35.0. The summed E-state index contributed by atoms with van der Waals surface area (Å²) in [4.78, 5) is 56.2. The third-order valence-corrected chi connectivity index (χ3v) is 14.1. The van der Waals surface area contributed by atoms with E-state index in [0.29, 0.717) is 117 Å². The van der Waals surface area contributed by atoms with Gasteiger partial charge in [-0.1, -0.05) is 6.07 Å². The van der Waals surface area contributed by atoms with Gasteiger partial charge in [-0.2, -0.15) is 15.1 Å². The molecular formula is C45H45F3N12O4. The first-order valence-electron chi connectivity index (χ1n) is 22.1. The number of aliphatic hydroxyl groups is 1. The lowest BCUT2D eigenvalue weighted by atomic mass is 9.78. The molecule has 2 N–H and O–H groups in total. The van der Waals surface area contributed by atoms with Gasteiger partial charge in [0, 0.05) is 63.1 Å². The maximum Gasteiger partial charge on any atom is 0.254 e. The predicted molar refractivity (Wildman–Crippen MR) is 228 cm³/mol. The topological polar surface area (TPSA) is 163 Å². The molecule has 16 nitrogen and oxygen atoms in total. The van der Waals surface area contributed by atoms with Crippen LogP contribution in [0.15, 0.2) is 54.7 Å². The Balaban J connectivity index is 0.968. The number of piperazine rings is 1. The monoisotopic (exact) mass is 874 g/mol. The van der Waals surface area contributed by atoms with Crippen molar-refractivity contribution >= 4 is 51.5 Å². The molecule has 4 aromatic heterocycles. The van der Waals surface area contributed by atoms with Gasteiger partial charge in [0.05, 0.1) is 53.0 Å². The lowest BCUT2D eigenvalue weighted by Gasteiger charge is -2.57. The van der Waals surface area contributed by atoms with Gasteiger partial charge in [-0.05, 0) is 75.8 Å². The summed E-state index contributed by atoms with van der Waals surface area (Å²) in [5.74, 6) is -0.373. The number of nitrogens with zero attached hydrogens (tertiary/aromatic N) is 11. The molecule has 330 valence electrons. The average molecular weight is 875 g/mol. The Morgan fingerprint density at radius 2 is 1.77 bits per heavy atom. The molecule has 8 bridgehead atoms. The molecule has 6 aliphatic heterocycles. The minimum atomic E-state index is -1.31. The number of carbonyl (C=O) groups excluding carboxylic acids is 2. The van der Waals surface area contributed by atoms with Crippen LogP contribution in [0.25, 0.3) is 39.0 Å². The van der Waals surface area contributed by atoms with Crippen molar-refractivity contribution in [1.29, 1.82) is 0 Å². The lowest BCUT2D eigenvalue weighted by Crippen LogP contribution is -2.72. The van der Waals surface area contributed by atoms with Crippen LogP contribution in [0.4, 0.5) is 30.8 Å². The van der Waals surface area contributed by atoms with Crippen LogP contribution in [-0.4, -0.2) is 136 Å². The first-order valence-corrected chi connectivity index (χ1v) is 22.1. The number of aryl methyl sites for hydroxylation is 1. The number of ether oxygens (including phenoxy) is 1. The number of amides is 2. The quantitative estimate of drug-likeness (QED) is 0.258. The summed E-state index contributed by atoms with van der Waals surface area (Å²) in [7, 11) is 0. The summed E-state index contributed by atoms with van der Waals surface area (Å²) in [6.45, 7) is 4.52. The molecule has 3 unspecified atom stereocenters. The predicted octanol–water partition coefficient (Wildman–Crippen LogP) is 4.35. The van der Waals surface area contributed by atoms with E-state index in [4.69, 9.17) is 24.7 Å². The molecule has 5 saturated heterocycles. The summed E-state index contributed by atoms with van der Waals surface area (Å²) in [5, 5.41) is 19.5. The van der Waals surface area contributed by atoms with E-state index in [2.05, 4.69) is 15.3 Å². The molecule has 1 aliphatic carbocycles. The highest BCUT2D eigenvalue weighted by Gasteiger charge is 2.52. The number of hydrogen-bond acceptors (Lipinski definition) is 12. The van der Waals surface area contributed by atoms with E-state index in [0.717, 1.165) is 30.5 Å². The second-order valence-electron chi connectivity index (χ2n) is 18.2. The smallest absolute Gasteiger partial charge is 0.254 e. The molecule has 0 radical (unpaired) electrons. The summed E-state index contributed by atoms with van der Waals surface area (Å²) < 4.78 is 54.8.